The first-order valence-corrected chi connectivity index (χ1v) is 7.35. The van der Waals surface area contributed by atoms with Gasteiger partial charge in [-0.1, -0.05) is 11.6 Å². The highest BCUT2D eigenvalue weighted by atomic mass is 19.4. The molecule has 2 aliphatic heterocycles. The Hall–Kier alpha value is -1.63. The number of rotatable bonds is 1. The monoisotopic (exact) mass is 313 g/mol. The Labute approximate surface area is 127 Å². The lowest BCUT2D eigenvalue weighted by atomic mass is 9.87. The molecule has 2 aliphatic rings. The molecule has 0 unspecified atom stereocenters. The van der Waals surface area contributed by atoms with Crippen LogP contribution in [0.5, 0.6) is 0 Å². The van der Waals surface area contributed by atoms with Gasteiger partial charge < -0.3 is 9.64 Å². The Bertz CT molecular complexity index is 578. The van der Waals surface area contributed by atoms with Gasteiger partial charge in [0.25, 0.3) is 0 Å². The van der Waals surface area contributed by atoms with Crippen molar-refractivity contribution >= 4 is 5.95 Å². The number of alkyl halides is 3. The summed E-state index contributed by atoms with van der Waals surface area (Å²) in [6.45, 7) is 3.98. The van der Waals surface area contributed by atoms with Gasteiger partial charge in [0.05, 0.1) is 12.2 Å². The third-order valence-electron chi connectivity index (χ3n) is 4.22. The average Bonchev–Trinajstić information content (AvgIpc) is 2.47. The standard InChI is InChI=1S/C15H18F3N3O/c1-11-3-9-22-14(10-11)4-7-21(8-5-14)13-19-6-2-12(20-13)15(16,17)18/h2,6,10H,3-5,7-9H2,1H3. The van der Waals surface area contributed by atoms with Crippen molar-refractivity contribution in [2.45, 2.75) is 38.0 Å². The third kappa shape index (κ3) is 3.09. The van der Waals surface area contributed by atoms with Crippen molar-refractivity contribution in [1.29, 1.82) is 0 Å². The zero-order valence-electron chi connectivity index (χ0n) is 12.4. The molecule has 7 heteroatoms. The molecule has 1 fully saturated rings. The fourth-order valence-electron chi connectivity index (χ4n) is 3.01. The molecule has 0 radical (unpaired) electrons. The second-order valence-corrected chi connectivity index (χ2v) is 5.88. The van der Waals surface area contributed by atoms with Crippen molar-refractivity contribution in [3.05, 3.63) is 29.6 Å². The number of anilines is 1. The minimum atomic E-state index is -4.44. The Balaban J connectivity index is 1.73. The molecule has 0 bridgehead atoms. The SMILES string of the molecule is CC1=CC2(CCN(c3nccc(C(F)(F)F)n3)CC2)OCC1. The third-order valence-corrected chi connectivity index (χ3v) is 4.22. The molecule has 0 aliphatic carbocycles. The molecule has 1 aromatic rings. The molecule has 1 aromatic heterocycles. The average molecular weight is 313 g/mol. The molecular weight excluding hydrogens is 295 g/mol. The summed E-state index contributed by atoms with van der Waals surface area (Å²) in [4.78, 5) is 9.43. The summed E-state index contributed by atoms with van der Waals surface area (Å²) < 4.78 is 44.1. The normalized spacial score (nSPS) is 21.8. The largest absolute Gasteiger partial charge is 0.433 e. The minimum Gasteiger partial charge on any atom is -0.370 e. The Kier molecular flexibility index (Phi) is 3.84. The van der Waals surface area contributed by atoms with E-state index >= 15 is 0 Å². The summed E-state index contributed by atoms with van der Waals surface area (Å²) in [5.41, 5.74) is 0.151. The van der Waals surface area contributed by atoms with Crippen molar-refractivity contribution in [2.24, 2.45) is 0 Å². The van der Waals surface area contributed by atoms with Gasteiger partial charge in [-0.05, 0) is 32.3 Å². The Morgan fingerprint density at radius 2 is 2.00 bits per heavy atom. The number of aromatic nitrogens is 2. The van der Waals surface area contributed by atoms with Gasteiger partial charge in [0.1, 0.15) is 5.69 Å². The van der Waals surface area contributed by atoms with Gasteiger partial charge in [-0.25, -0.2) is 9.97 Å². The molecule has 0 aromatic carbocycles. The smallest absolute Gasteiger partial charge is 0.370 e. The number of halogens is 3. The Morgan fingerprint density at radius 3 is 2.64 bits per heavy atom. The van der Waals surface area contributed by atoms with Crippen molar-refractivity contribution in [3.63, 3.8) is 0 Å². The van der Waals surface area contributed by atoms with Gasteiger partial charge in [0.2, 0.25) is 5.95 Å². The van der Waals surface area contributed by atoms with E-state index in [1.54, 1.807) is 4.90 Å². The lowest BCUT2D eigenvalue weighted by molar-refractivity contribution is -0.141. The van der Waals surface area contributed by atoms with Crippen LogP contribution >= 0.6 is 0 Å². The second kappa shape index (κ2) is 5.53. The van der Waals surface area contributed by atoms with E-state index in [9.17, 15) is 13.2 Å². The highest BCUT2D eigenvalue weighted by Crippen LogP contribution is 2.34. The van der Waals surface area contributed by atoms with E-state index in [1.165, 1.54) is 5.57 Å². The summed E-state index contributed by atoms with van der Waals surface area (Å²) in [6, 6.07) is 0.894. The second-order valence-electron chi connectivity index (χ2n) is 5.88. The number of hydrogen-bond acceptors (Lipinski definition) is 4. The summed E-state index contributed by atoms with van der Waals surface area (Å²) in [7, 11) is 0. The summed E-state index contributed by atoms with van der Waals surface area (Å²) in [6.07, 6.45) is 1.31. The maximum Gasteiger partial charge on any atom is 0.433 e. The van der Waals surface area contributed by atoms with E-state index in [-0.39, 0.29) is 11.5 Å². The zero-order valence-corrected chi connectivity index (χ0v) is 12.4. The first-order valence-electron chi connectivity index (χ1n) is 7.35. The molecule has 0 N–H and O–H groups in total. The predicted octanol–water partition coefficient (Wildman–Crippen LogP) is 3.20. The van der Waals surface area contributed by atoms with Crippen molar-refractivity contribution in [3.8, 4) is 0 Å². The minimum absolute atomic E-state index is 0.140. The quantitative estimate of drug-likeness (QED) is 0.746. The van der Waals surface area contributed by atoms with Crippen molar-refractivity contribution in [1.82, 2.24) is 9.97 Å². The molecule has 120 valence electrons. The first kappa shape index (κ1) is 15.3. The van der Waals surface area contributed by atoms with Crippen LogP contribution in [0.15, 0.2) is 23.9 Å². The van der Waals surface area contributed by atoms with Gasteiger partial charge in [-0.3, -0.25) is 0 Å². The fourth-order valence-corrected chi connectivity index (χ4v) is 3.01. The van der Waals surface area contributed by atoms with E-state index in [2.05, 4.69) is 23.0 Å². The molecule has 22 heavy (non-hydrogen) atoms. The van der Waals surface area contributed by atoms with Gasteiger partial charge in [-0.2, -0.15) is 13.2 Å². The summed E-state index contributed by atoms with van der Waals surface area (Å²) in [5, 5.41) is 0. The van der Waals surface area contributed by atoms with E-state index in [0.717, 1.165) is 31.5 Å². The molecule has 0 amide bonds. The summed E-state index contributed by atoms with van der Waals surface area (Å²) >= 11 is 0. The van der Waals surface area contributed by atoms with E-state index in [4.69, 9.17) is 4.74 Å². The van der Waals surface area contributed by atoms with Crippen LogP contribution in [0.4, 0.5) is 19.1 Å². The fraction of sp³-hybridized carbons (Fsp3) is 0.600. The molecule has 3 heterocycles. The summed E-state index contributed by atoms with van der Waals surface area (Å²) in [5.74, 6) is 0.140. The van der Waals surface area contributed by atoms with E-state index < -0.39 is 11.9 Å². The maximum absolute atomic E-state index is 12.7. The van der Waals surface area contributed by atoms with Gasteiger partial charge in [-0.15, -0.1) is 0 Å². The lowest BCUT2D eigenvalue weighted by Crippen LogP contribution is -2.47. The van der Waals surface area contributed by atoms with Crippen LogP contribution in [0.2, 0.25) is 0 Å². The van der Waals surface area contributed by atoms with Crippen LogP contribution in [0, 0.1) is 0 Å². The highest BCUT2D eigenvalue weighted by molar-refractivity contribution is 5.33. The predicted molar refractivity (Wildman–Crippen MR) is 75.5 cm³/mol. The Morgan fingerprint density at radius 1 is 1.27 bits per heavy atom. The van der Waals surface area contributed by atoms with Crippen LogP contribution in [0.3, 0.4) is 0 Å². The van der Waals surface area contributed by atoms with E-state index in [0.29, 0.717) is 19.7 Å². The molecule has 1 saturated heterocycles. The van der Waals surface area contributed by atoms with Crippen molar-refractivity contribution < 1.29 is 17.9 Å². The lowest BCUT2D eigenvalue weighted by Gasteiger charge is -2.42. The van der Waals surface area contributed by atoms with Crippen molar-refractivity contribution in [2.75, 3.05) is 24.6 Å². The molecular formula is C15H18F3N3O. The molecule has 3 rings (SSSR count). The van der Waals surface area contributed by atoms with Crippen LogP contribution in [0.1, 0.15) is 31.9 Å². The topological polar surface area (TPSA) is 38.2 Å². The van der Waals surface area contributed by atoms with Crippen LogP contribution in [0.25, 0.3) is 0 Å². The molecule has 0 atom stereocenters. The van der Waals surface area contributed by atoms with Crippen LogP contribution < -0.4 is 4.90 Å². The van der Waals surface area contributed by atoms with Gasteiger partial charge in [0, 0.05) is 19.3 Å². The van der Waals surface area contributed by atoms with Gasteiger partial charge >= 0.3 is 6.18 Å². The van der Waals surface area contributed by atoms with E-state index in [1.807, 2.05) is 0 Å². The first-order chi connectivity index (χ1) is 10.4. The number of ether oxygens (including phenoxy) is 1. The number of piperidine rings is 1. The molecule has 1 spiro atoms. The molecule has 4 nitrogen and oxygen atoms in total. The van der Waals surface area contributed by atoms with Crippen LogP contribution in [-0.2, 0) is 10.9 Å². The molecule has 0 saturated carbocycles. The van der Waals surface area contributed by atoms with Crippen LogP contribution in [-0.4, -0.2) is 35.3 Å². The highest BCUT2D eigenvalue weighted by Gasteiger charge is 2.37. The zero-order chi connectivity index (χ0) is 15.8. The van der Waals surface area contributed by atoms with Gasteiger partial charge in [0.15, 0.2) is 0 Å². The number of nitrogens with zero attached hydrogens (tertiary/aromatic N) is 3. The maximum atomic E-state index is 12.7. The number of hydrogen-bond donors (Lipinski definition) is 0.